The quantitative estimate of drug-likeness (QED) is 0.906. The summed E-state index contributed by atoms with van der Waals surface area (Å²) in [5, 5.41) is 20.8. The molecule has 1 N–H and O–H groups in total. The molecule has 0 fully saturated rings. The lowest BCUT2D eigenvalue weighted by molar-refractivity contribution is 1.09. The zero-order valence-electron chi connectivity index (χ0n) is 10.5. The van der Waals surface area contributed by atoms with E-state index in [1.807, 2.05) is 19.1 Å². The molecule has 0 aliphatic carbocycles. The fraction of sp³-hybridized carbons (Fsp3) is 0.133. The first-order valence-electron chi connectivity index (χ1n) is 5.83. The molecule has 0 saturated heterocycles. The van der Waals surface area contributed by atoms with E-state index in [1.165, 1.54) is 0 Å². The summed E-state index contributed by atoms with van der Waals surface area (Å²) in [5.74, 6) is 0.681. The van der Waals surface area contributed by atoms with Crippen molar-refractivity contribution >= 4 is 5.82 Å². The second-order valence-corrected chi connectivity index (χ2v) is 4.16. The van der Waals surface area contributed by atoms with Crippen molar-refractivity contribution in [2.24, 2.45) is 0 Å². The summed E-state index contributed by atoms with van der Waals surface area (Å²) in [5.41, 5.74) is 3.10. The van der Waals surface area contributed by atoms with Crippen molar-refractivity contribution in [1.29, 1.82) is 10.5 Å². The number of nitriles is 2. The van der Waals surface area contributed by atoms with Crippen LogP contribution in [0.15, 0.2) is 36.4 Å². The van der Waals surface area contributed by atoms with Crippen LogP contribution in [0.5, 0.6) is 0 Å². The SMILES string of the molecule is Cc1cc(C#N)cc(NCc2ccc(C#N)cc2)n1. The fourth-order valence-electron chi connectivity index (χ4n) is 1.71. The summed E-state index contributed by atoms with van der Waals surface area (Å²) in [7, 11) is 0. The highest BCUT2D eigenvalue weighted by Crippen LogP contribution is 2.11. The molecule has 92 valence electrons. The summed E-state index contributed by atoms with van der Waals surface area (Å²) < 4.78 is 0. The predicted molar refractivity (Wildman–Crippen MR) is 72.2 cm³/mol. The van der Waals surface area contributed by atoms with Crippen molar-refractivity contribution in [3.05, 3.63) is 58.8 Å². The van der Waals surface area contributed by atoms with Crippen LogP contribution in [0.4, 0.5) is 5.82 Å². The van der Waals surface area contributed by atoms with Crippen LogP contribution in [0.25, 0.3) is 0 Å². The maximum atomic E-state index is 8.89. The Bertz CT molecular complexity index is 660. The van der Waals surface area contributed by atoms with Crippen molar-refractivity contribution in [3.8, 4) is 12.1 Å². The minimum absolute atomic E-state index is 0.592. The highest BCUT2D eigenvalue weighted by molar-refractivity contribution is 5.45. The van der Waals surface area contributed by atoms with Crippen molar-refractivity contribution in [1.82, 2.24) is 4.98 Å². The van der Waals surface area contributed by atoms with Crippen LogP contribution in [0.3, 0.4) is 0 Å². The minimum Gasteiger partial charge on any atom is -0.366 e. The van der Waals surface area contributed by atoms with E-state index in [-0.39, 0.29) is 0 Å². The standard InChI is InChI=1S/C15H12N4/c1-11-6-14(9-17)7-15(19-11)18-10-13-4-2-12(8-16)3-5-13/h2-7H,10H2,1H3,(H,18,19). The topological polar surface area (TPSA) is 72.5 Å². The van der Waals surface area contributed by atoms with E-state index in [4.69, 9.17) is 10.5 Å². The molecular formula is C15H12N4. The van der Waals surface area contributed by atoms with E-state index < -0.39 is 0 Å². The van der Waals surface area contributed by atoms with Crippen LogP contribution in [0, 0.1) is 29.6 Å². The average Bonchev–Trinajstić information content (AvgIpc) is 2.45. The molecule has 1 aromatic carbocycles. The molecule has 2 aromatic rings. The number of aryl methyl sites for hydroxylation is 1. The Morgan fingerprint density at radius 3 is 2.37 bits per heavy atom. The third kappa shape index (κ3) is 3.31. The van der Waals surface area contributed by atoms with Gasteiger partial charge in [-0.15, -0.1) is 0 Å². The molecule has 0 radical (unpaired) electrons. The molecule has 1 aromatic heterocycles. The first kappa shape index (κ1) is 12.6. The lowest BCUT2D eigenvalue weighted by atomic mass is 10.1. The van der Waals surface area contributed by atoms with E-state index in [2.05, 4.69) is 22.4 Å². The zero-order chi connectivity index (χ0) is 13.7. The molecule has 0 aliphatic heterocycles. The zero-order valence-corrected chi connectivity index (χ0v) is 10.5. The maximum absolute atomic E-state index is 8.89. The third-order valence-electron chi connectivity index (χ3n) is 2.64. The van der Waals surface area contributed by atoms with Gasteiger partial charge in [0.1, 0.15) is 5.82 Å². The molecule has 0 aliphatic rings. The van der Waals surface area contributed by atoms with Crippen molar-refractivity contribution in [2.75, 3.05) is 5.32 Å². The van der Waals surface area contributed by atoms with Gasteiger partial charge in [0.15, 0.2) is 0 Å². The normalized spacial score (nSPS) is 9.42. The predicted octanol–water partition coefficient (Wildman–Crippen LogP) is 2.75. The molecule has 4 heteroatoms. The first-order chi connectivity index (χ1) is 9.21. The Labute approximate surface area is 112 Å². The molecule has 4 nitrogen and oxygen atoms in total. The average molecular weight is 248 g/mol. The molecule has 19 heavy (non-hydrogen) atoms. The Hall–Kier alpha value is -2.85. The molecular weight excluding hydrogens is 236 g/mol. The van der Waals surface area contributed by atoms with Gasteiger partial charge in [-0.05, 0) is 36.8 Å². The molecule has 0 bridgehead atoms. The van der Waals surface area contributed by atoms with Gasteiger partial charge >= 0.3 is 0 Å². The number of nitrogens with zero attached hydrogens (tertiary/aromatic N) is 3. The molecule has 0 saturated carbocycles. The van der Waals surface area contributed by atoms with Gasteiger partial charge in [-0.2, -0.15) is 10.5 Å². The van der Waals surface area contributed by atoms with Crippen molar-refractivity contribution in [2.45, 2.75) is 13.5 Å². The Morgan fingerprint density at radius 2 is 1.74 bits per heavy atom. The molecule has 0 unspecified atom stereocenters. The summed E-state index contributed by atoms with van der Waals surface area (Å²) >= 11 is 0. The Kier molecular flexibility index (Phi) is 3.75. The van der Waals surface area contributed by atoms with Gasteiger partial charge in [0.2, 0.25) is 0 Å². The monoisotopic (exact) mass is 248 g/mol. The summed E-state index contributed by atoms with van der Waals surface area (Å²) in [4.78, 5) is 4.32. The minimum atomic E-state index is 0.592. The van der Waals surface area contributed by atoms with Crippen LogP contribution >= 0.6 is 0 Å². The van der Waals surface area contributed by atoms with Gasteiger partial charge in [0.05, 0.1) is 23.3 Å². The second kappa shape index (κ2) is 5.66. The lowest BCUT2D eigenvalue weighted by Crippen LogP contribution is -2.02. The fourth-order valence-corrected chi connectivity index (χ4v) is 1.71. The number of rotatable bonds is 3. The van der Waals surface area contributed by atoms with Gasteiger partial charge in [0, 0.05) is 12.2 Å². The molecule has 2 rings (SSSR count). The Morgan fingerprint density at radius 1 is 1.05 bits per heavy atom. The van der Waals surface area contributed by atoms with Crippen LogP contribution < -0.4 is 5.32 Å². The number of aromatic nitrogens is 1. The summed E-state index contributed by atoms with van der Waals surface area (Å²) in [6.07, 6.45) is 0. The molecule has 0 atom stereocenters. The highest BCUT2D eigenvalue weighted by Gasteiger charge is 2.00. The van der Waals surface area contributed by atoms with Gasteiger partial charge in [-0.1, -0.05) is 12.1 Å². The highest BCUT2D eigenvalue weighted by atomic mass is 15.0. The van der Waals surface area contributed by atoms with Crippen molar-refractivity contribution in [3.63, 3.8) is 0 Å². The van der Waals surface area contributed by atoms with Crippen LogP contribution in [0.1, 0.15) is 22.4 Å². The summed E-state index contributed by atoms with van der Waals surface area (Å²) in [6, 6.07) is 15.0. The van der Waals surface area contributed by atoms with E-state index in [1.54, 1.807) is 24.3 Å². The van der Waals surface area contributed by atoms with Gasteiger partial charge < -0.3 is 5.32 Å². The molecule has 0 spiro atoms. The van der Waals surface area contributed by atoms with Crippen LogP contribution in [-0.4, -0.2) is 4.98 Å². The van der Waals surface area contributed by atoms with E-state index in [9.17, 15) is 0 Å². The van der Waals surface area contributed by atoms with Gasteiger partial charge in [-0.25, -0.2) is 4.98 Å². The number of hydrogen-bond donors (Lipinski definition) is 1. The second-order valence-electron chi connectivity index (χ2n) is 4.16. The van der Waals surface area contributed by atoms with E-state index >= 15 is 0 Å². The Balaban J connectivity index is 2.08. The summed E-state index contributed by atoms with van der Waals surface area (Å²) in [6.45, 7) is 2.46. The molecule has 0 amide bonds. The van der Waals surface area contributed by atoms with Crippen LogP contribution in [0.2, 0.25) is 0 Å². The number of benzene rings is 1. The smallest absolute Gasteiger partial charge is 0.127 e. The maximum Gasteiger partial charge on any atom is 0.127 e. The van der Waals surface area contributed by atoms with Gasteiger partial charge in [-0.3, -0.25) is 0 Å². The third-order valence-corrected chi connectivity index (χ3v) is 2.64. The number of pyridine rings is 1. The van der Waals surface area contributed by atoms with Crippen molar-refractivity contribution < 1.29 is 0 Å². The number of nitrogens with one attached hydrogen (secondary N) is 1. The van der Waals surface area contributed by atoms with E-state index in [0.29, 0.717) is 23.5 Å². The molecule has 1 heterocycles. The van der Waals surface area contributed by atoms with Crippen LogP contribution in [-0.2, 0) is 6.54 Å². The first-order valence-corrected chi connectivity index (χ1v) is 5.83. The lowest BCUT2D eigenvalue weighted by Gasteiger charge is -2.07. The number of hydrogen-bond acceptors (Lipinski definition) is 4. The number of anilines is 1. The largest absolute Gasteiger partial charge is 0.366 e. The van der Waals surface area contributed by atoms with E-state index in [0.717, 1.165) is 11.3 Å². The van der Waals surface area contributed by atoms with Gasteiger partial charge in [0.25, 0.3) is 0 Å².